The Labute approximate surface area is 164 Å². The zero-order chi connectivity index (χ0) is 19.0. The standard InChI is InChI=1S/C22H25ClO4/c23-20-6-3-15(21-12-18(25)11-19(13-24)27-21)10-16(20)9-14-1-4-17(5-2-14)22(26)7-8-22/h1-6,10,18-19,21,24-26H,7-9,11-13H2/t18-,19-,21?/m0/s1. The third-order valence-electron chi connectivity index (χ3n) is 5.63. The number of hydrogen-bond acceptors (Lipinski definition) is 4. The lowest BCUT2D eigenvalue weighted by atomic mass is 9.93. The Morgan fingerprint density at radius 3 is 2.48 bits per heavy atom. The lowest BCUT2D eigenvalue weighted by Gasteiger charge is -2.32. The lowest BCUT2D eigenvalue weighted by molar-refractivity contribution is -0.113. The molecule has 1 aliphatic carbocycles. The van der Waals surface area contributed by atoms with Crippen molar-refractivity contribution in [1.29, 1.82) is 0 Å². The van der Waals surface area contributed by atoms with Crippen molar-refractivity contribution in [3.8, 4) is 0 Å². The van der Waals surface area contributed by atoms with Gasteiger partial charge >= 0.3 is 0 Å². The fraction of sp³-hybridized carbons (Fsp3) is 0.455. The third kappa shape index (κ3) is 4.20. The highest BCUT2D eigenvalue weighted by Gasteiger charge is 2.41. The molecule has 2 aliphatic rings. The summed E-state index contributed by atoms with van der Waals surface area (Å²) in [5, 5.41) is 30.3. The second-order valence-electron chi connectivity index (χ2n) is 7.81. The number of aliphatic hydroxyl groups excluding tert-OH is 2. The average Bonchev–Trinajstić information content (AvgIpc) is 3.42. The Morgan fingerprint density at radius 2 is 1.81 bits per heavy atom. The summed E-state index contributed by atoms with van der Waals surface area (Å²) in [5.41, 5.74) is 3.45. The molecular formula is C22H25ClO4. The third-order valence-corrected chi connectivity index (χ3v) is 6.00. The quantitative estimate of drug-likeness (QED) is 0.733. The Balaban J connectivity index is 1.52. The minimum absolute atomic E-state index is 0.0906. The van der Waals surface area contributed by atoms with Gasteiger partial charge in [-0.1, -0.05) is 48.0 Å². The van der Waals surface area contributed by atoms with Crippen molar-refractivity contribution >= 4 is 11.6 Å². The van der Waals surface area contributed by atoms with Gasteiger partial charge in [-0.05, 0) is 47.6 Å². The van der Waals surface area contributed by atoms with E-state index in [0.717, 1.165) is 35.1 Å². The van der Waals surface area contributed by atoms with Gasteiger partial charge < -0.3 is 20.1 Å². The molecule has 2 aromatic carbocycles. The van der Waals surface area contributed by atoms with E-state index in [4.69, 9.17) is 16.3 Å². The van der Waals surface area contributed by atoms with Crippen LogP contribution < -0.4 is 0 Å². The molecule has 0 spiro atoms. The number of hydrogen-bond donors (Lipinski definition) is 3. The summed E-state index contributed by atoms with van der Waals surface area (Å²) in [6.07, 6.45) is 2.29. The van der Waals surface area contributed by atoms with Crippen molar-refractivity contribution in [1.82, 2.24) is 0 Å². The van der Waals surface area contributed by atoms with Crippen LogP contribution in [-0.4, -0.2) is 34.1 Å². The van der Waals surface area contributed by atoms with E-state index in [2.05, 4.69) is 0 Å². The van der Waals surface area contributed by atoms with E-state index in [0.29, 0.717) is 24.3 Å². The van der Waals surface area contributed by atoms with Crippen LogP contribution in [0.5, 0.6) is 0 Å². The van der Waals surface area contributed by atoms with Crippen LogP contribution in [0.1, 0.15) is 54.0 Å². The molecule has 3 atom stereocenters. The van der Waals surface area contributed by atoms with E-state index < -0.39 is 11.7 Å². The highest BCUT2D eigenvalue weighted by atomic mass is 35.5. The van der Waals surface area contributed by atoms with Crippen LogP contribution in [0.4, 0.5) is 0 Å². The van der Waals surface area contributed by atoms with Crippen LogP contribution in [-0.2, 0) is 16.8 Å². The van der Waals surface area contributed by atoms with Crippen molar-refractivity contribution in [3.63, 3.8) is 0 Å². The van der Waals surface area contributed by atoms with Crippen molar-refractivity contribution in [2.45, 2.75) is 56.0 Å². The number of ether oxygens (including phenoxy) is 1. The largest absolute Gasteiger partial charge is 0.394 e. The molecule has 1 saturated carbocycles. The Hall–Kier alpha value is -1.43. The van der Waals surface area contributed by atoms with Gasteiger partial charge in [0.25, 0.3) is 0 Å². The molecule has 1 heterocycles. The van der Waals surface area contributed by atoms with Crippen LogP contribution >= 0.6 is 11.6 Å². The zero-order valence-electron chi connectivity index (χ0n) is 15.1. The van der Waals surface area contributed by atoms with Gasteiger partial charge in [-0.25, -0.2) is 0 Å². The van der Waals surface area contributed by atoms with Crippen molar-refractivity contribution in [2.24, 2.45) is 0 Å². The lowest BCUT2D eigenvalue weighted by Crippen LogP contribution is -2.33. The number of rotatable bonds is 5. The Bertz CT molecular complexity index is 800. The summed E-state index contributed by atoms with van der Waals surface area (Å²) < 4.78 is 5.92. The molecule has 2 aromatic rings. The maximum Gasteiger partial charge on any atom is 0.0899 e. The second kappa shape index (κ2) is 7.53. The van der Waals surface area contributed by atoms with Gasteiger partial charge in [0.15, 0.2) is 0 Å². The monoisotopic (exact) mass is 388 g/mol. The van der Waals surface area contributed by atoms with E-state index in [-0.39, 0.29) is 18.8 Å². The normalized spacial score (nSPS) is 26.7. The number of benzene rings is 2. The molecule has 144 valence electrons. The first-order chi connectivity index (χ1) is 13.0. The highest BCUT2D eigenvalue weighted by Crippen LogP contribution is 2.45. The van der Waals surface area contributed by atoms with Gasteiger partial charge in [-0.2, -0.15) is 0 Å². The fourth-order valence-electron chi connectivity index (χ4n) is 3.81. The molecule has 0 radical (unpaired) electrons. The zero-order valence-corrected chi connectivity index (χ0v) is 15.9. The first kappa shape index (κ1) is 18.9. The molecule has 1 saturated heterocycles. The highest BCUT2D eigenvalue weighted by molar-refractivity contribution is 6.31. The maximum absolute atomic E-state index is 10.2. The Kier molecular flexibility index (Phi) is 5.28. The first-order valence-corrected chi connectivity index (χ1v) is 9.89. The predicted octanol–water partition coefficient (Wildman–Crippen LogP) is 3.49. The topological polar surface area (TPSA) is 69.9 Å². The second-order valence-corrected chi connectivity index (χ2v) is 8.22. The summed E-state index contributed by atoms with van der Waals surface area (Å²) >= 11 is 6.41. The average molecular weight is 389 g/mol. The summed E-state index contributed by atoms with van der Waals surface area (Å²) in [7, 11) is 0. The molecule has 27 heavy (non-hydrogen) atoms. The molecule has 5 heteroatoms. The number of halogens is 1. The molecule has 3 N–H and O–H groups in total. The summed E-state index contributed by atoms with van der Waals surface area (Å²) in [6, 6.07) is 13.9. The van der Waals surface area contributed by atoms with Crippen LogP contribution in [0.25, 0.3) is 0 Å². The minimum atomic E-state index is -0.613. The van der Waals surface area contributed by atoms with Gasteiger partial charge in [0.1, 0.15) is 0 Å². The van der Waals surface area contributed by atoms with Gasteiger partial charge in [0.05, 0.1) is 30.5 Å². The SMILES string of the molecule is OC[C@@H]1C[C@H](O)CC(c2ccc(Cl)c(Cc3ccc(C4(O)CC4)cc3)c2)O1. The van der Waals surface area contributed by atoms with E-state index in [1.54, 1.807) is 0 Å². The van der Waals surface area contributed by atoms with Crippen LogP contribution in [0.2, 0.25) is 5.02 Å². The molecule has 4 nitrogen and oxygen atoms in total. The van der Waals surface area contributed by atoms with Crippen LogP contribution in [0.3, 0.4) is 0 Å². The fourth-order valence-corrected chi connectivity index (χ4v) is 4.00. The molecule has 4 rings (SSSR count). The van der Waals surface area contributed by atoms with E-state index >= 15 is 0 Å². The van der Waals surface area contributed by atoms with Crippen LogP contribution in [0, 0.1) is 0 Å². The van der Waals surface area contributed by atoms with E-state index in [1.807, 2.05) is 42.5 Å². The van der Waals surface area contributed by atoms with Gasteiger partial charge in [0.2, 0.25) is 0 Å². The summed E-state index contributed by atoms with van der Waals surface area (Å²) in [5.74, 6) is 0. The van der Waals surface area contributed by atoms with Crippen LogP contribution in [0.15, 0.2) is 42.5 Å². The molecule has 0 bridgehead atoms. The van der Waals surface area contributed by atoms with E-state index in [9.17, 15) is 15.3 Å². The predicted molar refractivity (Wildman–Crippen MR) is 104 cm³/mol. The minimum Gasteiger partial charge on any atom is -0.394 e. The van der Waals surface area contributed by atoms with Gasteiger partial charge in [-0.15, -0.1) is 0 Å². The first-order valence-electron chi connectivity index (χ1n) is 9.51. The Morgan fingerprint density at radius 1 is 1.07 bits per heavy atom. The molecule has 0 aromatic heterocycles. The van der Waals surface area contributed by atoms with Gasteiger partial charge in [0, 0.05) is 17.9 Å². The summed E-state index contributed by atoms with van der Waals surface area (Å²) in [4.78, 5) is 0. The molecular weight excluding hydrogens is 364 g/mol. The molecule has 1 unspecified atom stereocenters. The van der Waals surface area contributed by atoms with Gasteiger partial charge in [-0.3, -0.25) is 0 Å². The van der Waals surface area contributed by atoms with E-state index in [1.165, 1.54) is 0 Å². The molecule has 0 amide bonds. The van der Waals surface area contributed by atoms with Crippen molar-refractivity contribution < 1.29 is 20.1 Å². The smallest absolute Gasteiger partial charge is 0.0899 e. The summed E-state index contributed by atoms with van der Waals surface area (Å²) in [6.45, 7) is -0.0906. The molecule has 2 fully saturated rings. The maximum atomic E-state index is 10.2. The van der Waals surface area contributed by atoms with Crippen molar-refractivity contribution in [3.05, 3.63) is 69.7 Å². The van der Waals surface area contributed by atoms with Crippen molar-refractivity contribution in [2.75, 3.05) is 6.61 Å². The molecule has 1 aliphatic heterocycles. The number of aliphatic hydroxyl groups is 3.